The van der Waals surface area contributed by atoms with Gasteiger partial charge in [-0.2, -0.15) is 0 Å². The summed E-state index contributed by atoms with van der Waals surface area (Å²) < 4.78 is 0. The lowest BCUT2D eigenvalue weighted by Crippen LogP contribution is -2.48. The van der Waals surface area contributed by atoms with Crippen LogP contribution in [0.15, 0.2) is 12.2 Å². The molecule has 0 heterocycles. The summed E-state index contributed by atoms with van der Waals surface area (Å²) in [5.74, 6) is -0.0140. The Morgan fingerprint density at radius 1 is 1.42 bits per heavy atom. The summed E-state index contributed by atoms with van der Waals surface area (Å²) in [5.41, 5.74) is 0.903. The monoisotopic (exact) mass is 268 g/mol. The molecule has 0 bridgehead atoms. The van der Waals surface area contributed by atoms with Gasteiger partial charge in [-0.1, -0.05) is 26.8 Å². The van der Waals surface area contributed by atoms with E-state index in [1.807, 2.05) is 0 Å². The Morgan fingerprint density at radius 3 is 2.68 bits per heavy atom. The predicted molar refractivity (Wildman–Crippen MR) is 71.5 cm³/mol. The summed E-state index contributed by atoms with van der Waals surface area (Å²) in [5, 5.41) is 18.5. The van der Waals surface area contributed by atoms with E-state index in [2.05, 4.69) is 18.4 Å². The van der Waals surface area contributed by atoms with Gasteiger partial charge in [0.2, 0.25) is 0 Å². The van der Waals surface area contributed by atoms with Crippen molar-refractivity contribution in [2.45, 2.75) is 45.6 Å². The van der Waals surface area contributed by atoms with Crippen molar-refractivity contribution in [3.8, 4) is 0 Å². The molecule has 2 aliphatic carbocycles. The molecule has 0 amide bonds. The van der Waals surface area contributed by atoms with Crippen LogP contribution in [-0.4, -0.2) is 22.4 Å². The highest BCUT2D eigenvalue weighted by Crippen LogP contribution is 2.50. The van der Waals surface area contributed by atoms with Gasteiger partial charge in [-0.3, -0.25) is 10.1 Å². The van der Waals surface area contributed by atoms with Crippen LogP contribution in [0.4, 0.5) is 0 Å². The minimum absolute atomic E-state index is 0.0629. The van der Waals surface area contributed by atoms with Gasteiger partial charge in [-0.15, -0.1) is 0 Å². The summed E-state index contributed by atoms with van der Waals surface area (Å²) in [6.07, 6.45) is 3.46. The van der Waals surface area contributed by atoms with Gasteiger partial charge in [0, 0.05) is 0 Å². The lowest BCUT2D eigenvalue weighted by atomic mass is 9.57. The molecule has 1 unspecified atom stereocenters. The maximum atomic E-state index is 11.3. The molecule has 2 N–H and O–H groups in total. The van der Waals surface area contributed by atoms with Crippen LogP contribution >= 0.6 is 0 Å². The van der Waals surface area contributed by atoms with Gasteiger partial charge in [-0.25, -0.2) is 4.89 Å². The molecular weight excluding hydrogens is 244 g/mol. The highest BCUT2D eigenvalue weighted by molar-refractivity contribution is 5.70. The fourth-order valence-electron chi connectivity index (χ4n) is 4.16. The third-order valence-electron chi connectivity index (χ3n) is 5.37. The molecule has 2 saturated carbocycles. The van der Waals surface area contributed by atoms with E-state index in [4.69, 9.17) is 0 Å². The van der Waals surface area contributed by atoms with Crippen LogP contribution in [0.1, 0.15) is 39.5 Å². The van der Waals surface area contributed by atoms with Crippen LogP contribution in [0.2, 0.25) is 0 Å². The number of aliphatic carboxylic acids is 1. The molecule has 4 nitrogen and oxygen atoms in total. The Hall–Kier alpha value is -0.870. The smallest absolute Gasteiger partial charge is 0.306 e. The number of carboxylic acid groups (broad SMARTS) is 1. The van der Waals surface area contributed by atoms with Crippen LogP contribution < -0.4 is 0 Å². The van der Waals surface area contributed by atoms with Crippen molar-refractivity contribution in [2.75, 3.05) is 0 Å². The second-order valence-electron chi connectivity index (χ2n) is 6.31. The lowest BCUT2D eigenvalue weighted by Gasteiger charge is -2.49. The van der Waals surface area contributed by atoms with Crippen LogP contribution in [0.5, 0.6) is 0 Å². The summed E-state index contributed by atoms with van der Waals surface area (Å²) in [4.78, 5) is 16.0. The minimum Gasteiger partial charge on any atom is -0.481 e. The summed E-state index contributed by atoms with van der Waals surface area (Å²) in [6, 6.07) is 0. The Kier molecular flexibility index (Phi) is 4.31. The quantitative estimate of drug-likeness (QED) is 0.468. The van der Waals surface area contributed by atoms with Gasteiger partial charge in [0.15, 0.2) is 0 Å². The maximum Gasteiger partial charge on any atom is 0.306 e. The Balaban J connectivity index is 2.29. The van der Waals surface area contributed by atoms with Gasteiger partial charge < -0.3 is 5.11 Å². The topological polar surface area (TPSA) is 66.8 Å². The molecular formula is C15H24O4. The zero-order chi connectivity index (χ0) is 14.2. The molecule has 0 aromatic heterocycles. The van der Waals surface area contributed by atoms with Crippen molar-refractivity contribution in [2.24, 2.45) is 29.6 Å². The van der Waals surface area contributed by atoms with Crippen LogP contribution in [0.25, 0.3) is 0 Å². The Labute approximate surface area is 114 Å². The van der Waals surface area contributed by atoms with E-state index in [9.17, 15) is 15.2 Å². The molecule has 0 saturated heterocycles. The first-order valence-electron chi connectivity index (χ1n) is 7.18. The number of hydrogen-bond acceptors (Lipinski definition) is 3. The zero-order valence-electron chi connectivity index (χ0n) is 11.7. The fourth-order valence-corrected chi connectivity index (χ4v) is 4.16. The van der Waals surface area contributed by atoms with Gasteiger partial charge >= 0.3 is 5.97 Å². The highest BCUT2D eigenvalue weighted by atomic mass is 17.1. The largest absolute Gasteiger partial charge is 0.481 e. The Bertz CT molecular complexity index is 365. The second-order valence-corrected chi connectivity index (χ2v) is 6.31. The van der Waals surface area contributed by atoms with E-state index in [1.54, 1.807) is 6.92 Å². The minimum atomic E-state index is -0.758. The lowest BCUT2D eigenvalue weighted by molar-refractivity contribution is -0.295. The molecule has 0 aromatic rings. The normalized spacial score (nSPS) is 40.6. The molecule has 6 atom stereocenters. The number of carbonyl (C=O) groups is 1. The molecule has 2 fully saturated rings. The first-order chi connectivity index (χ1) is 8.97. The number of fused-ring (bicyclic) bond motifs is 1. The molecule has 0 aliphatic heterocycles. The van der Waals surface area contributed by atoms with Gasteiger partial charge in [-0.05, 0) is 48.5 Å². The summed E-state index contributed by atoms with van der Waals surface area (Å²) in [7, 11) is 0. The molecule has 4 heteroatoms. The van der Waals surface area contributed by atoms with Crippen molar-refractivity contribution in [3.05, 3.63) is 12.2 Å². The maximum absolute atomic E-state index is 11.3. The van der Waals surface area contributed by atoms with Crippen LogP contribution in [-0.2, 0) is 9.68 Å². The van der Waals surface area contributed by atoms with E-state index in [0.717, 1.165) is 31.3 Å². The van der Waals surface area contributed by atoms with E-state index in [1.165, 1.54) is 0 Å². The summed E-state index contributed by atoms with van der Waals surface area (Å²) in [6.45, 7) is 7.98. The average molecular weight is 268 g/mol. The fraction of sp³-hybridized carbons (Fsp3) is 0.800. The van der Waals surface area contributed by atoms with Crippen molar-refractivity contribution >= 4 is 5.97 Å². The standard InChI is InChI=1S/C15H24O4/c1-8-4-7-12(10(3)15(16)17)13-11(8)6-5-9(2)14(13)19-18/h8,10-14,18H,2,4-7H2,1,3H3,(H,16,17)/t8-,10-,11+,12+,13+,14?/m1/s1. The molecule has 2 aliphatic rings. The first kappa shape index (κ1) is 14.5. The molecule has 108 valence electrons. The molecule has 0 radical (unpaired) electrons. The van der Waals surface area contributed by atoms with Crippen LogP contribution in [0.3, 0.4) is 0 Å². The Morgan fingerprint density at radius 2 is 2.11 bits per heavy atom. The van der Waals surface area contributed by atoms with E-state index < -0.39 is 18.0 Å². The SMILES string of the molecule is C=C1CC[C@@H]2[C@H](C1OO)[C@H]([C@@H](C)C(=O)O)CC[C@H]2C. The zero-order valence-corrected chi connectivity index (χ0v) is 11.7. The second kappa shape index (κ2) is 5.63. The van der Waals surface area contributed by atoms with Gasteiger partial charge in [0.1, 0.15) is 6.10 Å². The third-order valence-corrected chi connectivity index (χ3v) is 5.37. The third kappa shape index (κ3) is 2.56. The van der Waals surface area contributed by atoms with Gasteiger partial charge in [0.05, 0.1) is 5.92 Å². The highest BCUT2D eigenvalue weighted by Gasteiger charge is 2.48. The molecule has 19 heavy (non-hydrogen) atoms. The molecule has 0 aromatic carbocycles. The summed E-state index contributed by atoms with van der Waals surface area (Å²) >= 11 is 0. The van der Waals surface area contributed by atoms with Crippen molar-refractivity contribution in [1.29, 1.82) is 0 Å². The number of carboxylic acids is 1. The van der Waals surface area contributed by atoms with Gasteiger partial charge in [0.25, 0.3) is 0 Å². The predicted octanol–water partition coefficient (Wildman–Crippen LogP) is 3.19. The molecule has 0 spiro atoms. The van der Waals surface area contributed by atoms with E-state index in [-0.39, 0.29) is 11.8 Å². The van der Waals surface area contributed by atoms with E-state index >= 15 is 0 Å². The van der Waals surface area contributed by atoms with Crippen molar-refractivity contribution in [1.82, 2.24) is 0 Å². The first-order valence-corrected chi connectivity index (χ1v) is 7.18. The average Bonchev–Trinajstić information content (AvgIpc) is 2.38. The van der Waals surface area contributed by atoms with Crippen LogP contribution in [0, 0.1) is 29.6 Å². The van der Waals surface area contributed by atoms with Crippen molar-refractivity contribution < 1.29 is 20.0 Å². The molecule has 2 rings (SSSR count). The van der Waals surface area contributed by atoms with Crippen molar-refractivity contribution in [3.63, 3.8) is 0 Å². The number of rotatable bonds is 3. The van der Waals surface area contributed by atoms with E-state index in [0.29, 0.717) is 11.8 Å². The number of hydrogen-bond donors (Lipinski definition) is 2.